The maximum Gasteiger partial charge on any atom is 0.140 e. The summed E-state index contributed by atoms with van der Waals surface area (Å²) in [5.41, 5.74) is 2.08. The first-order valence-corrected chi connectivity index (χ1v) is 8.66. The van der Waals surface area contributed by atoms with Crippen molar-refractivity contribution in [3.8, 4) is 5.75 Å². The quantitative estimate of drug-likeness (QED) is 0.718. The predicted octanol–water partition coefficient (Wildman–Crippen LogP) is 3.62. The van der Waals surface area contributed by atoms with Gasteiger partial charge in [0.05, 0.1) is 12.6 Å². The fourth-order valence-electron chi connectivity index (χ4n) is 3.25. The Morgan fingerprint density at radius 3 is 2.52 bits per heavy atom. The average Bonchev–Trinajstić information content (AvgIpc) is 2.67. The van der Waals surface area contributed by atoms with Crippen LogP contribution in [0.3, 0.4) is 0 Å². The van der Waals surface area contributed by atoms with E-state index in [0.29, 0.717) is 0 Å². The number of rotatable bonds is 3. The molecule has 0 radical (unpaired) electrons. The SMILES string of the molecule is COc1ccc2c(N3CCN(c4cccc(Cl)c4)CC3)ncnc2c1. The summed E-state index contributed by atoms with van der Waals surface area (Å²) >= 11 is 6.11. The summed E-state index contributed by atoms with van der Waals surface area (Å²) in [5, 5.41) is 1.83. The lowest BCUT2D eigenvalue weighted by Gasteiger charge is -2.37. The number of piperazine rings is 1. The number of hydrogen-bond donors (Lipinski definition) is 0. The standard InChI is InChI=1S/C19H19ClN4O/c1-25-16-5-6-17-18(12-16)21-13-22-19(17)24-9-7-23(8-10-24)15-4-2-3-14(20)11-15/h2-6,11-13H,7-10H2,1H3. The van der Waals surface area contributed by atoms with E-state index in [-0.39, 0.29) is 0 Å². The zero-order valence-electron chi connectivity index (χ0n) is 14.0. The van der Waals surface area contributed by atoms with Gasteiger partial charge in [-0.3, -0.25) is 0 Å². The zero-order chi connectivity index (χ0) is 17.2. The lowest BCUT2D eigenvalue weighted by Crippen LogP contribution is -2.46. The summed E-state index contributed by atoms with van der Waals surface area (Å²) in [5.74, 6) is 1.79. The maximum atomic E-state index is 6.11. The molecule has 2 aromatic carbocycles. The third kappa shape index (κ3) is 3.20. The molecular formula is C19H19ClN4O. The second kappa shape index (κ2) is 6.76. The largest absolute Gasteiger partial charge is 0.497 e. The van der Waals surface area contributed by atoms with E-state index in [1.54, 1.807) is 13.4 Å². The van der Waals surface area contributed by atoms with Crippen LogP contribution in [0.2, 0.25) is 5.02 Å². The minimum Gasteiger partial charge on any atom is -0.497 e. The summed E-state index contributed by atoms with van der Waals surface area (Å²) in [4.78, 5) is 13.6. The minimum absolute atomic E-state index is 0.774. The van der Waals surface area contributed by atoms with Crippen LogP contribution >= 0.6 is 11.6 Å². The first kappa shape index (κ1) is 16.0. The van der Waals surface area contributed by atoms with Crippen LogP contribution in [0, 0.1) is 0 Å². The molecule has 0 spiro atoms. The van der Waals surface area contributed by atoms with Gasteiger partial charge in [-0.05, 0) is 30.3 Å². The summed E-state index contributed by atoms with van der Waals surface area (Å²) in [7, 11) is 1.67. The van der Waals surface area contributed by atoms with Gasteiger partial charge in [0.2, 0.25) is 0 Å². The van der Waals surface area contributed by atoms with Gasteiger partial charge in [0, 0.05) is 48.3 Å². The first-order valence-electron chi connectivity index (χ1n) is 8.29. The molecule has 0 bridgehead atoms. The molecule has 0 amide bonds. The highest BCUT2D eigenvalue weighted by Gasteiger charge is 2.20. The van der Waals surface area contributed by atoms with Gasteiger partial charge in [0.1, 0.15) is 17.9 Å². The van der Waals surface area contributed by atoms with Crippen LogP contribution in [0.5, 0.6) is 5.75 Å². The molecule has 5 nitrogen and oxygen atoms in total. The fourth-order valence-corrected chi connectivity index (χ4v) is 3.44. The van der Waals surface area contributed by atoms with Crippen molar-refractivity contribution in [2.24, 2.45) is 0 Å². The van der Waals surface area contributed by atoms with Crippen LogP contribution in [0.15, 0.2) is 48.8 Å². The second-order valence-electron chi connectivity index (χ2n) is 6.03. The van der Waals surface area contributed by atoms with Gasteiger partial charge in [0.25, 0.3) is 0 Å². The number of nitrogens with zero attached hydrogens (tertiary/aromatic N) is 4. The lowest BCUT2D eigenvalue weighted by atomic mass is 10.2. The van der Waals surface area contributed by atoms with Crippen LogP contribution in [-0.2, 0) is 0 Å². The number of methoxy groups -OCH3 is 1. The van der Waals surface area contributed by atoms with Gasteiger partial charge >= 0.3 is 0 Å². The maximum absolute atomic E-state index is 6.11. The molecule has 1 aromatic heterocycles. The molecule has 3 aromatic rings. The second-order valence-corrected chi connectivity index (χ2v) is 6.47. The van der Waals surface area contributed by atoms with Gasteiger partial charge in [-0.2, -0.15) is 0 Å². The van der Waals surface area contributed by atoms with Crippen molar-refractivity contribution in [2.45, 2.75) is 0 Å². The molecule has 1 aliphatic heterocycles. The smallest absolute Gasteiger partial charge is 0.140 e. The molecule has 0 aliphatic carbocycles. The van der Waals surface area contributed by atoms with Crippen molar-refractivity contribution in [3.05, 3.63) is 53.8 Å². The van der Waals surface area contributed by atoms with E-state index < -0.39 is 0 Å². The van der Waals surface area contributed by atoms with E-state index in [9.17, 15) is 0 Å². The van der Waals surface area contributed by atoms with Gasteiger partial charge in [-0.15, -0.1) is 0 Å². The Labute approximate surface area is 151 Å². The third-order valence-corrected chi connectivity index (χ3v) is 4.81. The van der Waals surface area contributed by atoms with Gasteiger partial charge < -0.3 is 14.5 Å². The normalized spacial score (nSPS) is 14.8. The Morgan fingerprint density at radius 2 is 1.76 bits per heavy atom. The zero-order valence-corrected chi connectivity index (χ0v) is 14.8. The van der Waals surface area contributed by atoms with Crippen molar-refractivity contribution in [1.29, 1.82) is 0 Å². The molecular weight excluding hydrogens is 336 g/mol. The van der Waals surface area contributed by atoms with Crippen molar-refractivity contribution >= 4 is 34.0 Å². The molecule has 4 rings (SSSR count). The molecule has 0 atom stereocenters. The van der Waals surface area contributed by atoms with E-state index in [4.69, 9.17) is 16.3 Å². The molecule has 2 heterocycles. The lowest BCUT2D eigenvalue weighted by molar-refractivity contribution is 0.415. The van der Waals surface area contributed by atoms with Crippen molar-refractivity contribution < 1.29 is 4.74 Å². The summed E-state index contributed by atoms with van der Waals surface area (Å²) < 4.78 is 5.29. The summed E-state index contributed by atoms with van der Waals surface area (Å²) in [6.07, 6.45) is 1.63. The number of hydrogen-bond acceptors (Lipinski definition) is 5. The number of fused-ring (bicyclic) bond motifs is 1. The van der Waals surface area contributed by atoms with Crippen molar-refractivity contribution in [2.75, 3.05) is 43.1 Å². The van der Waals surface area contributed by atoms with E-state index in [0.717, 1.165) is 53.7 Å². The number of benzene rings is 2. The number of ether oxygens (including phenoxy) is 1. The third-order valence-electron chi connectivity index (χ3n) is 4.58. The van der Waals surface area contributed by atoms with E-state index in [1.165, 1.54) is 5.69 Å². The number of halogens is 1. The molecule has 25 heavy (non-hydrogen) atoms. The Morgan fingerprint density at radius 1 is 0.960 bits per heavy atom. The number of anilines is 2. The predicted molar refractivity (Wildman–Crippen MR) is 102 cm³/mol. The van der Waals surface area contributed by atoms with Crippen LogP contribution < -0.4 is 14.5 Å². The Kier molecular flexibility index (Phi) is 4.32. The molecule has 1 aliphatic rings. The minimum atomic E-state index is 0.774. The van der Waals surface area contributed by atoms with Crippen LogP contribution in [0.4, 0.5) is 11.5 Å². The van der Waals surface area contributed by atoms with E-state index in [2.05, 4.69) is 25.8 Å². The summed E-state index contributed by atoms with van der Waals surface area (Å²) in [6.45, 7) is 3.68. The molecule has 128 valence electrons. The summed E-state index contributed by atoms with van der Waals surface area (Å²) in [6, 6.07) is 14.0. The molecule has 1 fully saturated rings. The van der Waals surface area contributed by atoms with Gasteiger partial charge in [0.15, 0.2) is 0 Å². The Balaban J connectivity index is 1.55. The van der Waals surface area contributed by atoms with E-state index >= 15 is 0 Å². The molecule has 6 heteroatoms. The van der Waals surface area contributed by atoms with Crippen LogP contribution in [0.1, 0.15) is 0 Å². The van der Waals surface area contributed by atoms with Crippen molar-refractivity contribution in [3.63, 3.8) is 0 Å². The Bertz CT molecular complexity index is 893. The highest BCUT2D eigenvalue weighted by Crippen LogP contribution is 2.28. The van der Waals surface area contributed by atoms with Gasteiger partial charge in [-0.1, -0.05) is 17.7 Å². The molecule has 0 N–H and O–H groups in total. The van der Waals surface area contributed by atoms with Crippen LogP contribution in [-0.4, -0.2) is 43.3 Å². The highest BCUT2D eigenvalue weighted by atomic mass is 35.5. The molecule has 1 saturated heterocycles. The monoisotopic (exact) mass is 354 g/mol. The van der Waals surface area contributed by atoms with Crippen molar-refractivity contribution in [1.82, 2.24) is 9.97 Å². The first-order chi connectivity index (χ1) is 12.2. The fraction of sp³-hybridized carbons (Fsp3) is 0.263. The van der Waals surface area contributed by atoms with Crippen LogP contribution in [0.25, 0.3) is 10.9 Å². The van der Waals surface area contributed by atoms with E-state index in [1.807, 2.05) is 36.4 Å². The number of aromatic nitrogens is 2. The highest BCUT2D eigenvalue weighted by molar-refractivity contribution is 6.30. The Hall–Kier alpha value is -2.53. The topological polar surface area (TPSA) is 41.5 Å². The van der Waals surface area contributed by atoms with Gasteiger partial charge in [-0.25, -0.2) is 9.97 Å². The molecule has 0 saturated carbocycles. The average molecular weight is 355 g/mol. The molecule has 0 unspecified atom stereocenters.